The van der Waals surface area contributed by atoms with Crippen LogP contribution in [0.3, 0.4) is 0 Å². The third-order valence-electron chi connectivity index (χ3n) is 6.43. The molecule has 35 heavy (non-hydrogen) atoms. The van der Waals surface area contributed by atoms with E-state index in [4.69, 9.17) is 10.1 Å². The Morgan fingerprint density at radius 1 is 1.14 bits per heavy atom. The number of nitrogens with one attached hydrogen (secondary N) is 1. The maximum absolute atomic E-state index is 14.3. The van der Waals surface area contributed by atoms with Gasteiger partial charge in [0.1, 0.15) is 23.5 Å². The van der Waals surface area contributed by atoms with Crippen molar-refractivity contribution >= 4 is 39.5 Å². The van der Waals surface area contributed by atoms with E-state index in [1.165, 1.54) is 12.4 Å². The first kappa shape index (κ1) is 22.9. The summed E-state index contributed by atoms with van der Waals surface area (Å²) in [6, 6.07) is 8.78. The maximum atomic E-state index is 14.3. The normalized spacial score (nSPS) is 15.5. The van der Waals surface area contributed by atoms with Gasteiger partial charge in [-0.05, 0) is 44.2 Å². The summed E-state index contributed by atoms with van der Waals surface area (Å²) < 4.78 is 14.3. The topological polar surface area (TPSA) is 107 Å². The minimum Gasteiger partial charge on any atom is -0.480 e. The molecule has 10 heteroatoms. The fourth-order valence-corrected chi connectivity index (χ4v) is 4.53. The van der Waals surface area contributed by atoms with Crippen molar-refractivity contribution in [3.05, 3.63) is 59.8 Å². The number of carboxylic acids is 1. The average Bonchev–Trinajstić information content (AvgIpc) is 2.86. The highest BCUT2D eigenvalue weighted by Gasteiger charge is 2.25. The van der Waals surface area contributed by atoms with E-state index in [0.717, 1.165) is 22.3 Å². The van der Waals surface area contributed by atoms with Crippen LogP contribution in [0.4, 0.5) is 16.0 Å². The molecule has 3 aromatic heterocycles. The minimum atomic E-state index is -0.836. The van der Waals surface area contributed by atoms with Crippen molar-refractivity contribution in [2.45, 2.75) is 19.9 Å². The number of carboxylic acid groups (broad SMARTS) is 1. The van der Waals surface area contributed by atoms with Gasteiger partial charge in [-0.15, -0.1) is 0 Å². The quantitative estimate of drug-likeness (QED) is 0.434. The van der Waals surface area contributed by atoms with Crippen molar-refractivity contribution in [3.8, 4) is 0 Å². The summed E-state index contributed by atoms with van der Waals surface area (Å²) in [6.45, 7) is 6.24. The number of anilines is 2. The van der Waals surface area contributed by atoms with Crippen LogP contribution in [0.5, 0.6) is 0 Å². The van der Waals surface area contributed by atoms with Crippen LogP contribution in [0, 0.1) is 12.7 Å². The molecule has 0 saturated carbocycles. The van der Waals surface area contributed by atoms with Crippen molar-refractivity contribution in [3.63, 3.8) is 0 Å². The molecule has 5 rings (SSSR count). The van der Waals surface area contributed by atoms with Gasteiger partial charge in [0, 0.05) is 48.9 Å². The van der Waals surface area contributed by atoms with Crippen LogP contribution in [0.1, 0.15) is 24.1 Å². The lowest BCUT2D eigenvalue weighted by Crippen LogP contribution is -2.48. The van der Waals surface area contributed by atoms with E-state index in [-0.39, 0.29) is 18.4 Å². The van der Waals surface area contributed by atoms with E-state index in [1.807, 2.05) is 30.0 Å². The Morgan fingerprint density at radius 2 is 1.94 bits per heavy atom. The number of aliphatic carboxylic acids is 1. The van der Waals surface area contributed by atoms with Crippen molar-refractivity contribution in [1.29, 1.82) is 0 Å². The van der Waals surface area contributed by atoms with Gasteiger partial charge in [0.15, 0.2) is 5.82 Å². The van der Waals surface area contributed by atoms with Crippen LogP contribution in [0.15, 0.2) is 42.9 Å². The number of carbonyl (C=O) groups is 1. The number of rotatable bonds is 6. The second-order valence-corrected chi connectivity index (χ2v) is 8.76. The second kappa shape index (κ2) is 9.38. The Morgan fingerprint density at radius 3 is 2.71 bits per heavy atom. The largest absolute Gasteiger partial charge is 0.480 e. The minimum absolute atomic E-state index is 0.0158. The second-order valence-electron chi connectivity index (χ2n) is 8.76. The summed E-state index contributed by atoms with van der Waals surface area (Å²) in [6.07, 6.45) is 3.21. The number of nitrogens with zero attached hydrogens (tertiary/aromatic N) is 6. The third-order valence-corrected chi connectivity index (χ3v) is 6.43. The van der Waals surface area contributed by atoms with Crippen LogP contribution < -0.4 is 10.2 Å². The number of halogens is 1. The van der Waals surface area contributed by atoms with Crippen LogP contribution in [-0.4, -0.2) is 68.6 Å². The van der Waals surface area contributed by atoms with Crippen molar-refractivity contribution in [1.82, 2.24) is 24.8 Å². The molecular weight excluding hydrogens is 449 g/mol. The third kappa shape index (κ3) is 4.57. The van der Waals surface area contributed by atoms with E-state index >= 15 is 0 Å². The fourth-order valence-electron chi connectivity index (χ4n) is 4.53. The Hall–Kier alpha value is -3.92. The van der Waals surface area contributed by atoms with Gasteiger partial charge in [0.05, 0.1) is 23.6 Å². The Balaban J connectivity index is 1.53. The van der Waals surface area contributed by atoms with Crippen LogP contribution in [0.25, 0.3) is 21.9 Å². The number of piperazine rings is 1. The summed E-state index contributed by atoms with van der Waals surface area (Å²) in [7, 11) is 0. The number of hydrogen-bond donors (Lipinski definition) is 2. The first-order valence-corrected chi connectivity index (χ1v) is 11.5. The predicted molar refractivity (Wildman–Crippen MR) is 132 cm³/mol. The summed E-state index contributed by atoms with van der Waals surface area (Å²) in [5.74, 6) is 0.250. The number of aryl methyl sites for hydroxylation is 1. The predicted octanol–water partition coefficient (Wildman–Crippen LogP) is 3.40. The van der Waals surface area contributed by atoms with Gasteiger partial charge in [-0.2, -0.15) is 0 Å². The standard InChI is InChI=1S/C25H26FN7O2/c1-15-19(26)6-5-17-12-18(16(2)30-24-23-20(28-14-29-24)4-3-7-27-23)25(31-22(15)17)33-10-8-32(9-11-33)13-21(34)35/h3-7,12,14,16H,8-11,13H2,1-2H3,(H,34,35)(H,28,29,30)/t16-/m0/s1. The molecule has 0 amide bonds. The van der Waals surface area contributed by atoms with Gasteiger partial charge in [-0.3, -0.25) is 14.7 Å². The van der Waals surface area contributed by atoms with E-state index in [1.54, 1.807) is 19.2 Å². The molecular formula is C25H26FN7O2. The van der Waals surface area contributed by atoms with Crippen molar-refractivity contribution < 1.29 is 14.3 Å². The smallest absolute Gasteiger partial charge is 0.317 e. The van der Waals surface area contributed by atoms with Gasteiger partial charge in [-0.1, -0.05) is 0 Å². The maximum Gasteiger partial charge on any atom is 0.317 e. The molecule has 4 heterocycles. The zero-order valence-electron chi connectivity index (χ0n) is 19.6. The summed E-state index contributed by atoms with van der Waals surface area (Å²) in [5, 5.41) is 13.4. The zero-order valence-corrected chi connectivity index (χ0v) is 19.6. The van der Waals surface area contributed by atoms with E-state index < -0.39 is 5.97 Å². The van der Waals surface area contributed by atoms with E-state index in [2.05, 4.69) is 25.2 Å². The molecule has 1 aromatic carbocycles. The zero-order chi connectivity index (χ0) is 24.5. The lowest BCUT2D eigenvalue weighted by atomic mass is 10.0. The molecule has 2 N–H and O–H groups in total. The lowest BCUT2D eigenvalue weighted by Gasteiger charge is -2.36. The van der Waals surface area contributed by atoms with Crippen molar-refractivity contribution in [2.24, 2.45) is 0 Å². The molecule has 1 atom stereocenters. The van der Waals surface area contributed by atoms with Gasteiger partial charge in [0.2, 0.25) is 0 Å². The molecule has 1 fully saturated rings. The molecule has 0 bridgehead atoms. The van der Waals surface area contributed by atoms with Crippen LogP contribution in [0.2, 0.25) is 0 Å². The number of benzene rings is 1. The first-order valence-electron chi connectivity index (χ1n) is 11.5. The SMILES string of the molecule is Cc1c(F)ccc2cc([C@H](C)Nc3ncnc4cccnc34)c(N3CCN(CC(=O)O)CC3)nc12. The molecule has 1 aliphatic rings. The van der Waals surface area contributed by atoms with E-state index in [9.17, 15) is 9.18 Å². The van der Waals surface area contributed by atoms with Crippen molar-refractivity contribution in [2.75, 3.05) is 42.9 Å². The van der Waals surface area contributed by atoms with Gasteiger partial charge in [-0.25, -0.2) is 19.3 Å². The molecule has 0 radical (unpaired) electrons. The first-order chi connectivity index (χ1) is 16.9. The average molecular weight is 476 g/mol. The Bertz CT molecular complexity index is 1400. The van der Waals surface area contributed by atoms with Gasteiger partial charge >= 0.3 is 5.97 Å². The fraction of sp³-hybridized carbons (Fsp3) is 0.320. The highest BCUT2D eigenvalue weighted by atomic mass is 19.1. The van der Waals surface area contributed by atoms with Gasteiger partial charge in [0.25, 0.3) is 0 Å². The molecule has 180 valence electrons. The molecule has 0 aliphatic carbocycles. The van der Waals surface area contributed by atoms with Crippen LogP contribution in [-0.2, 0) is 4.79 Å². The summed E-state index contributed by atoms with van der Waals surface area (Å²) in [5.41, 5.74) is 3.49. The Kier molecular flexibility index (Phi) is 6.12. The Labute approximate surface area is 201 Å². The molecule has 1 aliphatic heterocycles. The summed E-state index contributed by atoms with van der Waals surface area (Å²) in [4.78, 5) is 33.2. The monoisotopic (exact) mass is 475 g/mol. The summed E-state index contributed by atoms with van der Waals surface area (Å²) >= 11 is 0. The number of hydrogen-bond acceptors (Lipinski definition) is 8. The molecule has 0 unspecified atom stereocenters. The molecule has 0 spiro atoms. The highest BCUT2D eigenvalue weighted by molar-refractivity contribution is 5.87. The number of aromatic nitrogens is 4. The number of fused-ring (bicyclic) bond motifs is 2. The lowest BCUT2D eigenvalue weighted by molar-refractivity contribution is -0.138. The molecule has 1 saturated heterocycles. The molecule has 4 aromatic rings. The van der Waals surface area contributed by atoms with E-state index in [0.29, 0.717) is 48.6 Å². The van der Waals surface area contributed by atoms with Gasteiger partial charge < -0.3 is 15.3 Å². The number of pyridine rings is 2. The van der Waals surface area contributed by atoms with Crippen LogP contribution >= 0.6 is 0 Å². The molecule has 9 nitrogen and oxygen atoms in total. The highest BCUT2D eigenvalue weighted by Crippen LogP contribution is 2.33.